The number of nitrogens with one attached hydrogen (secondary N) is 3. The number of unbranched alkanes of at least 4 members (excludes halogenated alkanes) is 6. The molecule has 0 aromatic heterocycles. The molecule has 684 valence electrons. The lowest BCUT2D eigenvalue weighted by Crippen LogP contribution is -2.37. The molecule has 3 rings (SSSR count). The van der Waals surface area contributed by atoms with Crippen molar-refractivity contribution in [2.75, 3.05) is 340 Å². The number of hydrogen-bond acceptors (Lipinski definition) is 30. The fourth-order valence-electron chi connectivity index (χ4n) is 11.3. The van der Waals surface area contributed by atoms with E-state index in [1.54, 1.807) is 0 Å². The van der Waals surface area contributed by atoms with Crippen molar-refractivity contribution in [2.45, 2.75) is 173 Å². The molecule has 30 nitrogen and oxygen atoms in total. The highest BCUT2D eigenvalue weighted by Gasteiger charge is 2.18. The molecule has 3 heterocycles. The molecule has 0 aromatic carbocycles. The van der Waals surface area contributed by atoms with Crippen molar-refractivity contribution in [1.82, 2.24) is 60.0 Å². The molecule has 0 aromatic rings. The standard InChI is InChI=1S/C12H30N4.C10H22N2.C9H24N4.C9H20N2.C8H18N2.C6H18N4.C6H16N2.2C5H14N2.2C4H12N2.C3H10N2/c13-7-1-4-10-16(11-5-2-8-14)12-6-3-9-15;1-12-8-5-10(6-9-12)4-2-3-7-11;10-4-1-7-13(8-2-5-11)9-3-6-12;1-11-7-4-9(5-8-11)3-2-6-10;1-10-6-3-8(2-5-9)4-7-10;7-1-4-10(5-2-8)6-3-9;1-8(2)6-4-3-5-7;1-7(2)5-3-4-6;1-7-5-3-2-4-6;1-6(2)4-3-5;1-6-4-2-3-5;1-5-3-2-4/h1-15H2;10H,2-9,11H2,1H3;1-12H2;9H,2-8,10H2,1H3;8H,2-7,9H2,1H3;1-9H2;3-7H2,1-2H3;3-6H2,1-2H3;7H,2-6H2,1H3;3-5H2,1-2H3;6H,2-5H2,1H3;5H,2-4H2,1H3. The van der Waals surface area contributed by atoms with Crippen molar-refractivity contribution in [3.8, 4) is 0 Å². The summed E-state index contributed by atoms with van der Waals surface area (Å²) in [6.07, 6.45) is 33.2. The van der Waals surface area contributed by atoms with Crippen molar-refractivity contribution in [2.24, 2.45) is 121 Å². The Morgan fingerprint density at radius 3 is 0.685 bits per heavy atom. The molecule has 111 heavy (non-hydrogen) atoms. The maximum atomic E-state index is 5.51. The Bertz CT molecular complexity index is 1400. The Morgan fingerprint density at radius 2 is 0.450 bits per heavy atom. The van der Waals surface area contributed by atoms with Crippen molar-refractivity contribution in [1.29, 1.82) is 0 Å². The molecule has 30 heteroatoms. The molecule has 0 amide bonds. The van der Waals surface area contributed by atoms with Crippen molar-refractivity contribution in [3.63, 3.8) is 0 Å². The van der Waals surface area contributed by atoms with E-state index in [1.165, 1.54) is 168 Å². The smallest absolute Gasteiger partial charge is 0.0106 e. The van der Waals surface area contributed by atoms with E-state index in [0.717, 1.165) is 259 Å². The molecule has 39 N–H and O–H groups in total. The minimum Gasteiger partial charge on any atom is -0.330 e. The van der Waals surface area contributed by atoms with Gasteiger partial charge in [-0.15, -0.1) is 0 Å². The molecule has 3 saturated heterocycles. The minimum atomic E-state index is 0.681. The van der Waals surface area contributed by atoms with Crippen LogP contribution in [-0.4, -0.2) is 384 Å². The second-order valence-electron chi connectivity index (χ2n) is 30.4. The van der Waals surface area contributed by atoms with Crippen LogP contribution in [0.2, 0.25) is 0 Å². The summed E-state index contributed by atoms with van der Waals surface area (Å²) in [7, 11) is 24.7. The van der Waals surface area contributed by atoms with Crippen LogP contribution in [0, 0.1) is 17.8 Å². The SMILES string of the molecule is CN(C)CCCCN.CN(C)CCCN.CN(C)CCN.CN1CCC(CCCCN)CC1.CN1CCC(CCCN)CC1.CN1CCC(CCN)CC1.CNCCCCN.CNCCCN.CNCCN.NCCCCN(CCCCN)CCCCN.NCCCN(CCCN)CCCN.NCCN(CCN)CCN. The van der Waals surface area contributed by atoms with E-state index < -0.39 is 0 Å². The normalized spacial score (nSPS) is 13.9. The molecule has 0 bridgehead atoms. The predicted octanol–water partition coefficient (Wildman–Crippen LogP) is -0.440. The fourth-order valence-corrected chi connectivity index (χ4v) is 11.3. The number of piperidine rings is 3. The van der Waals surface area contributed by atoms with Crippen LogP contribution in [0.4, 0.5) is 0 Å². The first-order valence-corrected chi connectivity index (χ1v) is 44.3. The van der Waals surface area contributed by atoms with Gasteiger partial charge in [0, 0.05) is 65.4 Å². The number of hydrogen-bond donors (Lipinski definition) is 21. The van der Waals surface area contributed by atoms with Crippen molar-refractivity contribution < 1.29 is 0 Å². The van der Waals surface area contributed by atoms with Crippen LogP contribution < -0.4 is 119 Å². The summed E-state index contributed by atoms with van der Waals surface area (Å²) in [5.74, 6) is 2.88. The van der Waals surface area contributed by atoms with E-state index >= 15 is 0 Å². The Labute approximate surface area is 691 Å². The zero-order valence-corrected chi connectivity index (χ0v) is 76.3. The number of nitrogens with two attached hydrogens (primary N) is 18. The first-order valence-electron chi connectivity index (χ1n) is 44.3. The summed E-state index contributed by atoms with van der Waals surface area (Å²) >= 11 is 0. The second kappa shape index (κ2) is 117. The summed E-state index contributed by atoms with van der Waals surface area (Å²) in [6.45, 7) is 37.6. The molecule has 0 saturated carbocycles. The van der Waals surface area contributed by atoms with E-state index in [1.807, 2.05) is 35.2 Å². The molecule has 3 aliphatic rings. The molecule has 3 fully saturated rings. The van der Waals surface area contributed by atoms with Gasteiger partial charge in [0.2, 0.25) is 0 Å². The average molecular weight is 1600 g/mol. The van der Waals surface area contributed by atoms with Gasteiger partial charge in [0.1, 0.15) is 0 Å². The van der Waals surface area contributed by atoms with Gasteiger partial charge in [0.05, 0.1) is 0 Å². The van der Waals surface area contributed by atoms with Crippen LogP contribution in [0.15, 0.2) is 0 Å². The van der Waals surface area contributed by atoms with Gasteiger partial charge in [0.15, 0.2) is 0 Å². The third-order valence-corrected chi connectivity index (χ3v) is 18.5. The van der Waals surface area contributed by atoms with Gasteiger partial charge in [-0.3, -0.25) is 4.90 Å². The molecule has 3 aliphatic heterocycles. The average Bonchev–Trinajstić information content (AvgIpc) is 0.946. The molecule has 0 radical (unpaired) electrons. The van der Waals surface area contributed by atoms with Crippen molar-refractivity contribution in [3.05, 3.63) is 0 Å². The largest absolute Gasteiger partial charge is 0.330 e. The maximum Gasteiger partial charge on any atom is 0.0106 e. The molecule has 0 unspecified atom stereocenters. The molecule has 0 atom stereocenters. The van der Waals surface area contributed by atoms with Crippen LogP contribution in [0.25, 0.3) is 0 Å². The van der Waals surface area contributed by atoms with Crippen LogP contribution in [0.3, 0.4) is 0 Å². The van der Waals surface area contributed by atoms with Gasteiger partial charge in [0.25, 0.3) is 0 Å². The van der Waals surface area contributed by atoms with Crippen LogP contribution >= 0.6 is 0 Å². The highest BCUT2D eigenvalue weighted by Crippen LogP contribution is 2.22. The number of likely N-dealkylation sites (N-methyl/N-ethyl adjacent to an activating group) is 2. The number of rotatable bonds is 54. The summed E-state index contributed by atoms with van der Waals surface area (Å²) < 4.78 is 0. The van der Waals surface area contributed by atoms with Gasteiger partial charge in [-0.1, -0.05) is 12.8 Å². The van der Waals surface area contributed by atoms with E-state index in [0.29, 0.717) is 19.6 Å². The number of likely N-dealkylation sites (tertiary alicyclic amines) is 3. The van der Waals surface area contributed by atoms with Gasteiger partial charge < -0.3 is 158 Å². The van der Waals surface area contributed by atoms with Gasteiger partial charge in [-0.2, -0.15) is 0 Å². The van der Waals surface area contributed by atoms with Crippen molar-refractivity contribution >= 4 is 0 Å². The highest BCUT2D eigenvalue weighted by molar-refractivity contribution is 4.72. The summed E-state index contributed by atoms with van der Waals surface area (Å²) in [5, 5.41) is 8.93. The van der Waals surface area contributed by atoms with Gasteiger partial charge in [-0.05, 0) is 453 Å². The Kier molecular flexibility index (Phi) is 135. The molecule has 0 aliphatic carbocycles. The quantitative estimate of drug-likeness (QED) is 0.0343. The topological polar surface area (TPSA) is 534 Å². The monoisotopic (exact) mass is 1600 g/mol. The van der Waals surface area contributed by atoms with Gasteiger partial charge >= 0.3 is 0 Å². The Morgan fingerprint density at radius 1 is 0.216 bits per heavy atom. The van der Waals surface area contributed by atoms with E-state index in [2.05, 4.69) is 109 Å². The third-order valence-electron chi connectivity index (χ3n) is 18.5. The predicted molar refractivity (Wildman–Crippen MR) is 497 cm³/mol. The zero-order valence-electron chi connectivity index (χ0n) is 76.3. The lowest BCUT2D eigenvalue weighted by atomic mass is 9.92. The minimum absolute atomic E-state index is 0.681. The fraction of sp³-hybridized carbons (Fsp3) is 1.00. The molecular formula is C81H210N30. The summed E-state index contributed by atoms with van der Waals surface area (Å²) in [6, 6.07) is 0. The lowest BCUT2D eigenvalue weighted by Gasteiger charge is -2.28. The van der Waals surface area contributed by atoms with Gasteiger partial charge in [-0.25, -0.2) is 0 Å². The number of nitrogens with zero attached hydrogens (tertiary/aromatic N) is 9. The first-order chi connectivity index (χ1) is 53.6. The second-order valence-corrected chi connectivity index (χ2v) is 30.4. The van der Waals surface area contributed by atoms with E-state index in [4.69, 9.17) is 103 Å². The maximum absolute atomic E-state index is 5.51. The third kappa shape index (κ3) is 130. The van der Waals surface area contributed by atoms with Crippen LogP contribution in [0.5, 0.6) is 0 Å². The van der Waals surface area contributed by atoms with Crippen LogP contribution in [-0.2, 0) is 0 Å². The summed E-state index contributed by atoms with van der Waals surface area (Å²) in [5.41, 5.74) is 96.6. The zero-order chi connectivity index (χ0) is 85.7. The van der Waals surface area contributed by atoms with E-state index in [-0.39, 0.29) is 0 Å². The first kappa shape index (κ1) is 128. The van der Waals surface area contributed by atoms with Crippen LogP contribution in [0.1, 0.15) is 173 Å². The summed E-state index contributed by atoms with van der Waals surface area (Å²) in [4.78, 5) is 20.7. The Balaban J connectivity index is -0.000000148. The molecule has 0 spiro atoms. The molecular weight excluding hydrogens is 1390 g/mol. The highest BCUT2D eigenvalue weighted by atomic mass is 15.1. The Hall–Kier alpha value is -1.20. The van der Waals surface area contributed by atoms with E-state index in [9.17, 15) is 0 Å². The lowest BCUT2D eigenvalue weighted by molar-refractivity contribution is 0.210.